The van der Waals surface area contributed by atoms with Gasteiger partial charge in [0.15, 0.2) is 0 Å². The topological polar surface area (TPSA) is 107 Å². The lowest BCUT2D eigenvalue weighted by atomic mass is 9.99. The number of hydrogen-bond donors (Lipinski definition) is 2. The highest BCUT2D eigenvalue weighted by Crippen LogP contribution is 2.24. The van der Waals surface area contributed by atoms with Gasteiger partial charge in [-0.2, -0.15) is 0 Å². The molecule has 1 aromatic rings. The molecule has 5 amide bonds. The lowest BCUT2D eigenvalue weighted by molar-refractivity contribution is -0.131. The second kappa shape index (κ2) is 5.96. The van der Waals surface area contributed by atoms with Gasteiger partial charge >= 0.3 is 6.03 Å². The molecule has 2 atom stereocenters. The van der Waals surface area contributed by atoms with E-state index in [1.165, 1.54) is 0 Å². The van der Waals surface area contributed by atoms with Crippen LogP contribution in [0.2, 0.25) is 0 Å². The minimum atomic E-state index is -1.23. The predicted molar refractivity (Wildman–Crippen MR) is 86.8 cm³/mol. The Morgan fingerprint density at radius 2 is 1.56 bits per heavy atom. The molecule has 3 rings (SSSR count). The number of carbonyl (C=O) groups excluding carboxylic acids is 4. The molecule has 2 unspecified atom stereocenters. The Kier molecular flexibility index (Phi) is 4.08. The first-order valence-corrected chi connectivity index (χ1v) is 8.06. The average Bonchev–Trinajstić information content (AvgIpc) is 2.96. The Hall–Kier alpha value is -2.74. The fraction of sp³-hybridized carbons (Fsp3) is 0.412. The summed E-state index contributed by atoms with van der Waals surface area (Å²) in [5.41, 5.74) is -0.423. The molecular formula is C17H19N3O5. The van der Waals surface area contributed by atoms with Gasteiger partial charge in [-0.15, -0.1) is 0 Å². The first-order valence-electron chi connectivity index (χ1n) is 8.06. The summed E-state index contributed by atoms with van der Waals surface area (Å²) in [5, 5.41) is 12.8. The Balaban J connectivity index is 1.69. The van der Waals surface area contributed by atoms with Crippen LogP contribution in [0.1, 0.15) is 41.0 Å². The number of nitrogens with one attached hydrogen (secondary N) is 1. The number of imide groups is 2. The van der Waals surface area contributed by atoms with E-state index in [1.807, 2.05) is 0 Å². The highest BCUT2D eigenvalue weighted by atomic mass is 16.3. The monoisotopic (exact) mass is 345 g/mol. The summed E-state index contributed by atoms with van der Waals surface area (Å²) >= 11 is 0. The predicted octanol–water partition coefficient (Wildman–Crippen LogP) is 0.364. The molecule has 8 nitrogen and oxygen atoms in total. The second-order valence-corrected chi connectivity index (χ2v) is 6.45. The number of β-amino-alcohol motifs (C(OH)–C–C–N with tert-alkyl or cyclic N) is 1. The molecule has 1 saturated heterocycles. The Bertz CT molecular complexity index is 742. The van der Waals surface area contributed by atoms with Gasteiger partial charge in [-0.3, -0.25) is 24.2 Å². The van der Waals surface area contributed by atoms with Gasteiger partial charge < -0.3 is 10.4 Å². The summed E-state index contributed by atoms with van der Waals surface area (Å²) in [7, 11) is 0. The molecule has 2 heterocycles. The first kappa shape index (κ1) is 17.1. The van der Waals surface area contributed by atoms with Crippen LogP contribution in [0.15, 0.2) is 24.3 Å². The van der Waals surface area contributed by atoms with Gasteiger partial charge in [0.1, 0.15) is 5.54 Å². The van der Waals surface area contributed by atoms with Crippen molar-refractivity contribution in [1.29, 1.82) is 0 Å². The minimum absolute atomic E-state index is 0.284. The number of nitrogens with zero attached hydrogens (tertiary/aromatic N) is 2. The van der Waals surface area contributed by atoms with Gasteiger partial charge in [0.05, 0.1) is 30.3 Å². The van der Waals surface area contributed by atoms with Crippen LogP contribution in [-0.4, -0.2) is 63.4 Å². The number of fused-ring (bicyclic) bond motifs is 1. The lowest BCUT2D eigenvalue weighted by Crippen LogP contribution is -2.46. The number of hydrogen-bond acceptors (Lipinski definition) is 5. The maximum Gasteiger partial charge on any atom is 0.325 e. The SMILES string of the molecule is CCC1(C)NC(=O)N(CC(O)CN2C(=O)c3ccccc3C2=O)C1=O. The Morgan fingerprint density at radius 3 is 2.04 bits per heavy atom. The third-order valence-corrected chi connectivity index (χ3v) is 4.72. The summed E-state index contributed by atoms with van der Waals surface area (Å²) in [6, 6.07) is 5.82. The van der Waals surface area contributed by atoms with Crippen LogP contribution < -0.4 is 5.32 Å². The van der Waals surface area contributed by atoms with Crippen molar-refractivity contribution in [3.8, 4) is 0 Å². The minimum Gasteiger partial charge on any atom is -0.389 e. The van der Waals surface area contributed by atoms with Crippen LogP contribution in [0.3, 0.4) is 0 Å². The van der Waals surface area contributed by atoms with E-state index >= 15 is 0 Å². The normalized spacial score (nSPS) is 24.0. The van der Waals surface area contributed by atoms with Gasteiger partial charge in [-0.05, 0) is 25.5 Å². The molecule has 25 heavy (non-hydrogen) atoms. The number of benzene rings is 1. The van der Waals surface area contributed by atoms with Gasteiger partial charge in [-0.1, -0.05) is 19.1 Å². The van der Waals surface area contributed by atoms with Crippen molar-refractivity contribution >= 4 is 23.8 Å². The molecular weight excluding hydrogens is 326 g/mol. The van der Waals surface area contributed by atoms with Crippen LogP contribution in [-0.2, 0) is 4.79 Å². The van der Waals surface area contributed by atoms with E-state index in [0.717, 1.165) is 9.80 Å². The van der Waals surface area contributed by atoms with Gasteiger partial charge in [-0.25, -0.2) is 4.79 Å². The van der Waals surface area contributed by atoms with E-state index in [1.54, 1.807) is 38.1 Å². The van der Waals surface area contributed by atoms with Crippen LogP contribution >= 0.6 is 0 Å². The number of urea groups is 1. The van der Waals surface area contributed by atoms with Gasteiger partial charge in [0.2, 0.25) is 0 Å². The molecule has 2 N–H and O–H groups in total. The summed E-state index contributed by atoms with van der Waals surface area (Å²) in [6.45, 7) is 2.82. The second-order valence-electron chi connectivity index (χ2n) is 6.45. The quantitative estimate of drug-likeness (QED) is 0.592. The fourth-order valence-electron chi connectivity index (χ4n) is 3.04. The summed E-state index contributed by atoms with van der Waals surface area (Å²) in [4.78, 5) is 50.8. The van der Waals surface area contributed by atoms with Gasteiger partial charge in [0.25, 0.3) is 17.7 Å². The van der Waals surface area contributed by atoms with Crippen LogP contribution in [0.5, 0.6) is 0 Å². The maximum absolute atomic E-state index is 12.3. The van der Waals surface area contributed by atoms with Crippen molar-refractivity contribution in [1.82, 2.24) is 15.1 Å². The summed E-state index contributed by atoms with van der Waals surface area (Å²) in [6.07, 6.45) is -0.807. The number of amides is 5. The van der Waals surface area contributed by atoms with E-state index in [4.69, 9.17) is 0 Å². The number of aliphatic hydroxyl groups excluding tert-OH is 1. The van der Waals surface area contributed by atoms with E-state index < -0.39 is 35.4 Å². The molecule has 0 saturated carbocycles. The molecule has 1 fully saturated rings. The zero-order valence-electron chi connectivity index (χ0n) is 14.0. The molecule has 0 bridgehead atoms. The average molecular weight is 345 g/mol. The number of aliphatic hydroxyl groups is 1. The Labute approximate surface area is 144 Å². The van der Waals surface area contributed by atoms with E-state index in [0.29, 0.717) is 6.42 Å². The van der Waals surface area contributed by atoms with Gasteiger partial charge in [0, 0.05) is 0 Å². The zero-order valence-corrected chi connectivity index (χ0v) is 14.0. The Morgan fingerprint density at radius 1 is 1.04 bits per heavy atom. The lowest BCUT2D eigenvalue weighted by Gasteiger charge is -2.23. The van der Waals surface area contributed by atoms with Crippen molar-refractivity contribution in [2.75, 3.05) is 13.1 Å². The third-order valence-electron chi connectivity index (χ3n) is 4.72. The maximum atomic E-state index is 12.3. The molecule has 8 heteroatoms. The fourth-order valence-corrected chi connectivity index (χ4v) is 3.04. The smallest absolute Gasteiger partial charge is 0.325 e. The molecule has 0 aliphatic carbocycles. The largest absolute Gasteiger partial charge is 0.389 e. The van der Waals surface area contributed by atoms with Crippen molar-refractivity contribution in [2.24, 2.45) is 0 Å². The molecule has 2 aliphatic heterocycles. The highest BCUT2D eigenvalue weighted by Gasteiger charge is 2.47. The molecule has 132 valence electrons. The summed E-state index contributed by atoms with van der Waals surface area (Å²) in [5.74, 6) is -1.41. The molecule has 0 radical (unpaired) electrons. The first-order chi connectivity index (χ1) is 11.8. The van der Waals surface area contributed by atoms with E-state index in [9.17, 15) is 24.3 Å². The molecule has 0 spiro atoms. The third kappa shape index (κ3) is 2.68. The van der Waals surface area contributed by atoms with Crippen LogP contribution in [0.4, 0.5) is 4.79 Å². The van der Waals surface area contributed by atoms with E-state index in [-0.39, 0.29) is 24.2 Å². The van der Waals surface area contributed by atoms with Crippen LogP contribution in [0, 0.1) is 0 Å². The molecule has 0 aromatic heterocycles. The van der Waals surface area contributed by atoms with Crippen LogP contribution in [0.25, 0.3) is 0 Å². The number of rotatable bonds is 5. The zero-order chi connectivity index (χ0) is 18.4. The summed E-state index contributed by atoms with van der Waals surface area (Å²) < 4.78 is 0. The van der Waals surface area contributed by atoms with Crippen molar-refractivity contribution in [3.63, 3.8) is 0 Å². The number of carbonyl (C=O) groups is 4. The highest BCUT2D eigenvalue weighted by molar-refractivity contribution is 6.21. The standard InChI is InChI=1S/C17H19N3O5/c1-3-17(2)15(24)20(16(25)18-17)9-10(21)8-19-13(22)11-6-4-5-7-12(11)14(19)23/h4-7,10,21H,3,8-9H2,1-2H3,(H,18,25). The van der Waals surface area contributed by atoms with Crippen molar-refractivity contribution in [3.05, 3.63) is 35.4 Å². The van der Waals surface area contributed by atoms with Crippen molar-refractivity contribution < 1.29 is 24.3 Å². The molecule has 1 aromatic carbocycles. The molecule has 2 aliphatic rings. The van der Waals surface area contributed by atoms with E-state index in [2.05, 4.69) is 5.32 Å². The van der Waals surface area contributed by atoms with Crippen molar-refractivity contribution in [2.45, 2.75) is 31.9 Å².